The Balaban J connectivity index is 2.78. The van der Waals surface area contributed by atoms with Gasteiger partial charge in [-0.05, 0) is 45.0 Å². The van der Waals surface area contributed by atoms with Crippen molar-refractivity contribution in [3.05, 3.63) is 29.8 Å². The first kappa shape index (κ1) is 21.1. The number of likely N-dealkylation sites (N-methyl/N-ethyl adjacent to an activating group) is 1. The first-order chi connectivity index (χ1) is 11.7. The minimum atomic E-state index is -3.69. The molecule has 0 bridgehead atoms. The van der Waals surface area contributed by atoms with Crippen LogP contribution in [0.4, 0.5) is 0 Å². The Bertz CT molecular complexity index is 688. The maximum absolute atomic E-state index is 12.2. The van der Waals surface area contributed by atoms with Crippen molar-refractivity contribution in [1.29, 1.82) is 0 Å². The fraction of sp³-hybridized carbons (Fsp3) is 0.500. The lowest BCUT2D eigenvalue weighted by atomic mass is 10.2. The maximum atomic E-state index is 12.2. The number of benzene rings is 1. The predicted molar refractivity (Wildman–Crippen MR) is 93.7 cm³/mol. The first-order valence-electron chi connectivity index (χ1n) is 7.91. The van der Waals surface area contributed by atoms with Crippen molar-refractivity contribution in [2.45, 2.75) is 37.8 Å². The van der Waals surface area contributed by atoms with E-state index in [4.69, 9.17) is 4.74 Å². The Labute approximate surface area is 148 Å². The van der Waals surface area contributed by atoms with E-state index in [1.54, 1.807) is 20.8 Å². The zero-order valence-corrected chi connectivity index (χ0v) is 15.6. The van der Waals surface area contributed by atoms with Gasteiger partial charge in [-0.25, -0.2) is 13.1 Å². The van der Waals surface area contributed by atoms with Crippen molar-refractivity contribution in [2.24, 2.45) is 0 Å². The molecule has 3 N–H and O–H groups in total. The molecule has 8 nitrogen and oxygen atoms in total. The normalized spacial score (nSPS) is 13.8. The number of amides is 2. The third-order valence-electron chi connectivity index (χ3n) is 3.29. The highest BCUT2D eigenvalue weighted by molar-refractivity contribution is 7.89. The Morgan fingerprint density at radius 1 is 1.16 bits per heavy atom. The zero-order valence-electron chi connectivity index (χ0n) is 14.8. The van der Waals surface area contributed by atoms with Crippen LogP contribution in [0.25, 0.3) is 0 Å². The van der Waals surface area contributed by atoms with Crippen molar-refractivity contribution >= 4 is 21.8 Å². The number of hydrogen-bond acceptors (Lipinski definition) is 5. The smallest absolute Gasteiger partial charge is 0.251 e. The first-order valence-corrected chi connectivity index (χ1v) is 9.39. The average Bonchev–Trinajstić information content (AvgIpc) is 2.54. The van der Waals surface area contributed by atoms with Gasteiger partial charge in [0.15, 0.2) is 0 Å². The van der Waals surface area contributed by atoms with Gasteiger partial charge in [-0.3, -0.25) is 9.59 Å². The van der Waals surface area contributed by atoms with Gasteiger partial charge in [0.1, 0.15) is 6.04 Å². The number of carbonyl (C=O) groups is 2. The van der Waals surface area contributed by atoms with E-state index in [9.17, 15) is 18.0 Å². The standard InChI is InChI=1S/C16H25N3O5S/c1-5-17-15(20)12(3)18-16(21)13-6-8-14(9-7-13)25(22,23)19-11(2)10-24-4/h6-9,11-12,19H,5,10H2,1-4H3,(H,17,20)(H,18,21)/t11-,12-/m0/s1. The number of sulfonamides is 1. The Morgan fingerprint density at radius 2 is 1.76 bits per heavy atom. The van der Waals surface area contributed by atoms with E-state index < -0.39 is 22.0 Å². The molecular formula is C16H25N3O5S. The molecule has 0 radical (unpaired) electrons. The van der Waals surface area contributed by atoms with Crippen LogP contribution in [-0.4, -0.2) is 52.6 Å². The molecule has 0 spiro atoms. The topological polar surface area (TPSA) is 114 Å². The summed E-state index contributed by atoms with van der Waals surface area (Å²) in [4.78, 5) is 23.8. The van der Waals surface area contributed by atoms with Crippen LogP contribution in [0.1, 0.15) is 31.1 Å². The van der Waals surface area contributed by atoms with Crippen molar-refractivity contribution in [2.75, 3.05) is 20.3 Å². The summed E-state index contributed by atoms with van der Waals surface area (Å²) in [6.45, 7) is 5.76. The number of rotatable bonds is 9. The zero-order chi connectivity index (χ0) is 19.0. The summed E-state index contributed by atoms with van der Waals surface area (Å²) in [5, 5.41) is 5.16. The number of ether oxygens (including phenoxy) is 1. The van der Waals surface area contributed by atoms with E-state index in [2.05, 4.69) is 15.4 Å². The number of carbonyl (C=O) groups excluding carboxylic acids is 2. The molecule has 0 unspecified atom stereocenters. The number of methoxy groups -OCH3 is 1. The molecule has 0 aromatic heterocycles. The summed E-state index contributed by atoms with van der Waals surface area (Å²) in [6, 6.07) is 4.41. The van der Waals surface area contributed by atoms with Gasteiger partial charge < -0.3 is 15.4 Å². The van der Waals surface area contributed by atoms with Crippen LogP contribution in [0.2, 0.25) is 0 Å². The van der Waals surface area contributed by atoms with Crippen LogP contribution in [0.5, 0.6) is 0 Å². The molecule has 0 aliphatic carbocycles. The molecule has 25 heavy (non-hydrogen) atoms. The maximum Gasteiger partial charge on any atom is 0.251 e. The lowest BCUT2D eigenvalue weighted by molar-refractivity contribution is -0.122. The van der Waals surface area contributed by atoms with E-state index in [1.165, 1.54) is 31.4 Å². The van der Waals surface area contributed by atoms with Crippen LogP contribution in [-0.2, 0) is 19.6 Å². The molecule has 0 saturated carbocycles. The second-order valence-electron chi connectivity index (χ2n) is 5.59. The molecule has 0 heterocycles. The van der Waals surface area contributed by atoms with E-state index in [1.807, 2.05) is 0 Å². The van der Waals surface area contributed by atoms with Gasteiger partial charge in [0, 0.05) is 25.3 Å². The third kappa shape index (κ3) is 6.45. The fourth-order valence-corrected chi connectivity index (χ4v) is 3.30. The molecular weight excluding hydrogens is 346 g/mol. The van der Waals surface area contributed by atoms with Crippen LogP contribution in [0.15, 0.2) is 29.2 Å². The molecule has 0 saturated heterocycles. The minimum Gasteiger partial charge on any atom is -0.383 e. The van der Waals surface area contributed by atoms with E-state index in [0.717, 1.165) is 0 Å². The van der Waals surface area contributed by atoms with Crippen LogP contribution in [0, 0.1) is 0 Å². The Hall–Kier alpha value is -1.97. The van der Waals surface area contributed by atoms with Gasteiger partial charge in [-0.15, -0.1) is 0 Å². The molecule has 9 heteroatoms. The third-order valence-corrected chi connectivity index (χ3v) is 4.90. The fourth-order valence-electron chi connectivity index (χ4n) is 2.08. The summed E-state index contributed by atoms with van der Waals surface area (Å²) in [6.07, 6.45) is 0. The van der Waals surface area contributed by atoms with E-state index in [-0.39, 0.29) is 29.0 Å². The lowest BCUT2D eigenvalue weighted by Crippen LogP contribution is -2.44. The van der Waals surface area contributed by atoms with Crippen LogP contribution >= 0.6 is 0 Å². The highest BCUT2D eigenvalue weighted by atomic mass is 32.2. The quantitative estimate of drug-likeness (QED) is 0.576. The summed E-state index contributed by atoms with van der Waals surface area (Å²) in [5.74, 6) is -0.741. The largest absolute Gasteiger partial charge is 0.383 e. The van der Waals surface area contributed by atoms with Gasteiger partial charge in [0.25, 0.3) is 5.91 Å². The summed E-state index contributed by atoms with van der Waals surface area (Å²) in [5.41, 5.74) is 0.264. The second-order valence-corrected chi connectivity index (χ2v) is 7.31. The van der Waals surface area contributed by atoms with Crippen LogP contribution in [0.3, 0.4) is 0 Å². The second kappa shape index (κ2) is 9.50. The lowest BCUT2D eigenvalue weighted by Gasteiger charge is -2.14. The minimum absolute atomic E-state index is 0.0452. The highest BCUT2D eigenvalue weighted by Crippen LogP contribution is 2.11. The van der Waals surface area contributed by atoms with Crippen LogP contribution < -0.4 is 15.4 Å². The molecule has 0 aliphatic rings. The Kier molecular flexibility index (Phi) is 8.01. The molecule has 140 valence electrons. The summed E-state index contributed by atoms with van der Waals surface area (Å²) < 4.78 is 31.8. The molecule has 0 fully saturated rings. The number of nitrogens with one attached hydrogen (secondary N) is 3. The van der Waals surface area contributed by atoms with Gasteiger partial charge >= 0.3 is 0 Å². The average molecular weight is 371 g/mol. The SMILES string of the molecule is CCNC(=O)[C@H](C)NC(=O)c1ccc(S(=O)(=O)N[C@@H](C)COC)cc1. The predicted octanol–water partition coefficient (Wildman–Crippen LogP) is 0.254. The molecule has 1 aromatic rings. The monoisotopic (exact) mass is 371 g/mol. The molecule has 2 amide bonds. The van der Waals surface area contributed by atoms with Gasteiger partial charge in [-0.1, -0.05) is 0 Å². The van der Waals surface area contributed by atoms with E-state index in [0.29, 0.717) is 6.54 Å². The molecule has 1 aromatic carbocycles. The van der Waals surface area contributed by atoms with Gasteiger partial charge in [0.2, 0.25) is 15.9 Å². The molecule has 2 atom stereocenters. The van der Waals surface area contributed by atoms with Crippen molar-refractivity contribution < 1.29 is 22.7 Å². The summed E-state index contributed by atoms with van der Waals surface area (Å²) in [7, 11) is -2.21. The highest BCUT2D eigenvalue weighted by Gasteiger charge is 2.19. The van der Waals surface area contributed by atoms with Crippen molar-refractivity contribution in [1.82, 2.24) is 15.4 Å². The van der Waals surface area contributed by atoms with Gasteiger partial charge in [0.05, 0.1) is 11.5 Å². The molecule has 1 rings (SSSR count). The summed E-state index contributed by atoms with van der Waals surface area (Å²) >= 11 is 0. The van der Waals surface area contributed by atoms with Gasteiger partial charge in [-0.2, -0.15) is 0 Å². The van der Waals surface area contributed by atoms with Crippen molar-refractivity contribution in [3.8, 4) is 0 Å². The van der Waals surface area contributed by atoms with Crippen molar-refractivity contribution in [3.63, 3.8) is 0 Å². The van der Waals surface area contributed by atoms with E-state index >= 15 is 0 Å². The number of hydrogen-bond donors (Lipinski definition) is 3. The molecule has 0 aliphatic heterocycles. The Morgan fingerprint density at radius 3 is 2.28 bits per heavy atom.